The van der Waals surface area contributed by atoms with Gasteiger partial charge in [0, 0.05) is 26.7 Å². The smallest absolute Gasteiger partial charge is 0.171 e. The Hall–Kier alpha value is -4.91. The molecular formula is C38H25O2P. The molecule has 1 aromatic heterocycles. The summed E-state index contributed by atoms with van der Waals surface area (Å²) in [5, 5.41) is 9.23. The van der Waals surface area contributed by atoms with Gasteiger partial charge in [-0.3, -0.25) is 0 Å². The highest BCUT2D eigenvalue weighted by Crippen LogP contribution is 2.46. The van der Waals surface area contributed by atoms with Crippen molar-refractivity contribution in [1.82, 2.24) is 0 Å². The summed E-state index contributed by atoms with van der Waals surface area (Å²) in [5.41, 5.74) is 3.97. The zero-order chi connectivity index (χ0) is 27.4. The molecule has 0 amide bonds. The summed E-state index contributed by atoms with van der Waals surface area (Å²) in [6.45, 7) is 0. The zero-order valence-corrected chi connectivity index (χ0v) is 23.1. The van der Waals surface area contributed by atoms with E-state index in [1.165, 1.54) is 10.8 Å². The SMILES string of the molecule is O=P(c1ccccc1)(c1ccccc1)c1ccc(-c2ccc3oc4ccc5ccccc5c4c3c2)c2ccccc12. The number of hydrogen-bond donors (Lipinski definition) is 0. The summed E-state index contributed by atoms with van der Waals surface area (Å²) in [7, 11) is -3.14. The Labute approximate surface area is 237 Å². The first-order valence-electron chi connectivity index (χ1n) is 13.8. The van der Waals surface area contributed by atoms with Crippen molar-refractivity contribution in [1.29, 1.82) is 0 Å². The van der Waals surface area contributed by atoms with E-state index >= 15 is 4.57 Å². The Morgan fingerprint density at radius 1 is 0.463 bits per heavy atom. The van der Waals surface area contributed by atoms with Gasteiger partial charge in [-0.1, -0.05) is 127 Å². The van der Waals surface area contributed by atoms with Crippen molar-refractivity contribution in [2.75, 3.05) is 0 Å². The van der Waals surface area contributed by atoms with E-state index < -0.39 is 7.14 Å². The summed E-state index contributed by atoms with van der Waals surface area (Å²) in [4.78, 5) is 0. The average Bonchev–Trinajstić information content (AvgIpc) is 3.43. The lowest BCUT2D eigenvalue weighted by atomic mass is 9.96. The number of rotatable bonds is 4. The van der Waals surface area contributed by atoms with Crippen molar-refractivity contribution in [3.05, 3.63) is 152 Å². The predicted octanol–water partition coefficient (Wildman–Crippen LogP) is 9.20. The predicted molar refractivity (Wildman–Crippen MR) is 174 cm³/mol. The topological polar surface area (TPSA) is 30.2 Å². The summed E-state index contributed by atoms with van der Waals surface area (Å²) in [6, 6.07) is 51.4. The minimum atomic E-state index is -3.14. The van der Waals surface area contributed by atoms with Gasteiger partial charge in [-0.2, -0.15) is 0 Å². The number of benzene rings is 7. The number of fused-ring (bicyclic) bond motifs is 6. The van der Waals surface area contributed by atoms with Crippen LogP contribution in [-0.2, 0) is 4.57 Å². The van der Waals surface area contributed by atoms with E-state index in [9.17, 15) is 0 Å². The second-order valence-corrected chi connectivity index (χ2v) is 13.2. The first-order valence-corrected chi connectivity index (χ1v) is 15.5. The summed E-state index contributed by atoms with van der Waals surface area (Å²) in [6.07, 6.45) is 0. The fraction of sp³-hybridized carbons (Fsp3) is 0. The fourth-order valence-electron chi connectivity index (χ4n) is 6.23. The molecule has 3 heteroatoms. The van der Waals surface area contributed by atoms with E-state index in [0.29, 0.717) is 0 Å². The number of furan rings is 1. The molecule has 0 N–H and O–H groups in total. The monoisotopic (exact) mass is 544 g/mol. The lowest BCUT2D eigenvalue weighted by molar-refractivity contribution is 0.592. The lowest BCUT2D eigenvalue weighted by Crippen LogP contribution is -2.25. The Bertz CT molecular complexity index is 2240. The lowest BCUT2D eigenvalue weighted by Gasteiger charge is -2.22. The summed E-state index contributed by atoms with van der Waals surface area (Å²) in [5.74, 6) is 0. The first kappa shape index (κ1) is 23.9. The van der Waals surface area contributed by atoms with E-state index in [1.807, 2.05) is 66.7 Å². The Kier molecular flexibility index (Phi) is 5.45. The molecule has 1 heterocycles. The number of hydrogen-bond acceptors (Lipinski definition) is 2. The molecule has 0 aliphatic carbocycles. The summed E-state index contributed by atoms with van der Waals surface area (Å²) < 4.78 is 21.5. The summed E-state index contributed by atoms with van der Waals surface area (Å²) >= 11 is 0. The maximum atomic E-state index is 15.3. The van der Waals surface area contributed by atoms with Crippen LogP contribution in [0.1, 0.15) is 0 Å². The fourth-order valence-corrected chi connectivity index (χ4v) is 9.08. The third-order valence-electron chi connectivity index (χ3n) is 8.15. The Morgan fingerprint density at radius 3 is 1.80 bits per heavy atom. The molecule has 7 aromatic carbocycles. The molecule has 0 unspecified atom stereocenters. The molecule has 0 radical (unpaired) electrons. The van der Waals surface area contributed by atoms with E-state index in [-0.39, 0.29) is 0 Å². The van der Waals surface area contributed by atoms with Crippen LogP contribution in [0.15, 0.2) is 156 Å². The van der Waals surface area contributed by atoms with Crippen LogP contribution in [0.25, 0.3) is 54.6 Å². The second kappa shape index (κ2) is 9.34. The van der Waals surface area contributed by atoms with Gasteiger partial charge in [0.1, 0.15) is 11.2 Å². The van der Waals surface area contributed by atoms with Crippen LogP contribution < -0.4 is 15.9 Å². The van der Waals surface area contributed by atoms with E-state index in [4.69, 9.17) is 4.42 Å². The minimum absolute atomic E-state index is 0.835. The van der Waals surface area contributed by atoms with Crippen LogP contribution >= 0.6 is 7.14 Å². The molecule has 0 spiro atoms. The van der Waals surface area contributed by atoms with E-state index in [0.717, 1.165) is 59.8 Å². The molecular weight excluding hydrogens is 519 g/mol. The van der Waals surface area contributed by atoms with E-state index in [1.54, 1.807) is 0 Å². The highest BCUT2D eigenvalue weighted by atomic mass is 31.2. The van der Waals surface area contributed by atoms with Crippen molar-refractivity contribution in [2.45, 2.75) is 0 Å². The molecule has 0 saturated heterocycles. The molecule has 0 atom stereocenters. The first-order chi connectivity index (χ1) is 20.2. The average molecular weight is 545 g/mol. The van der Waals surface area contributed by atoms with E-state index in [2.05, 4.69) is 84.9 Å². The Balaban J connectivity index is 1.39. The van der Waals surface area contributed by atoms with Crippen LogP contribution in [0, 0.1) is 0 Å². The van der Waals surface area contributed by atoms with Gasteiger partial charge in [0.05, 0.1) is 0 Å². The van der Waals surface area contributed by atoms with Crippen molar-refractivity contribution in [2.24, 2.45) is 0 Å². The van der Waals surface area contributed by atoms with Crippen molar-refractivity contribution >= 4 is 66.5 Å². The maximum absolute atomic E-state index is 15.3. The minimum Gasteiger partial charge on any atom is -0.456 e. The van der Waals surface area contributed by atoms with Crippen LogP contribution in [0.2, 0.25) is 0 Å². The van der Waals surface area contributed by atoms with Crippen LogP contribution in [0.3, 0.4) is 0 Å². The molecule has 2 nitrogen and oxygen atoms in total. The molecule has 41 heavy (non-hydrogen) atoms. The quantitative estimate of drug-likeness (QED) is 0.207. The van der Waals surface area contributed by atoms with Gasteiger partial charge < -0.3 is 8.98 Å². The van der Waals surface area contributed by atoms with Gasteiger partial charge in [-0.15, -0.1) is 0 Å². The molecule has 0 saturated carbocycles. The third kappa shape index (κ3) is 3.69. The third-order valence-corrected chi connectivity index (χ3v) is 11.3. The highest BCUT2D eigenvalue weighted by molar-refractivity contribution is 7.85. The zero-order valence-electron chi connectivity index (χ0n) is 22.2. The maximum Gasteiger partial charge on any atom is 0.171 e. The molecule has 8 rings (SSSR count). The molecule has 194 valence electrons. The molecule has 0 aliphatic heterocycles. The van der Waals surface area contributed by atoms with Gasteiger partial charge in [0.2, 0.25) is 0 Å². The van der Waals surface area contributed by atoms with Crippen molar-refractivity contribution < 1.29 is 8.98 Å². The van der Waals surface area contributed by atoms with Crippen molar-refractivity contribution in [3.8, 4) is 11.1 Å². The Morgan fingerprint density at radius 2 is 1.07 bits per heavy atom. The van der Waals surface area contributed by atoms with Gasteiger partial charge in [0.25, 0.3) is 0 Å². The van der Waals surface area contributed by atoms with Crippen LogP contribution in [0.5, 0.6) is 0 Å². The largest absolute Gasteiger partial charge is 0.456 e. The van der Waals surface area contributed by atoms with Gasteiger partial charge in [-0.25, -0.2) is 0 Å². The highest BCUT2D eigenvalue weighted by Gasteiger charge is 2.31. The standard InChI is InChI=1S/C38H25O2P/c39-41(28-12-3-1-4-13-28,29-14-5-2-6-15-29)37-24-21-30(32-17-9-10-18-33(32)37)27-20-22-35-34(25-27)38-31-16-8-7-11-26(31)19-23-36(38)40-35/h1-25H. The second-order valence-electron chi connectivity index (χ2n) is 10.4. The van der Waals surface area contributed by atoms with Gasteiger partial charge >= 0.3 is 0 Å². The molecule has 0 fully saturated rings. The van der Waals surface area contributed by atoms with Crippen LogP contribution in [0.4, 0.5) is 0 Å². The molecule has 0 bridgehead atoms. The van der Waals surface area contributed by atoms with Crippen LogP contribution in [-0.4, -0.2) is 0 Å². The normalized spacial score (nSPS) is 12.0. The van der Waals surface area contributed by atoms with Gasteiger partial charge in [-0.05, 0) is 56.9 Å². The van der Waals surface area contributed by atoms with Gasteiger partial charge in [0.15, 0.2) is 7.14 Å². The van der Waals surface area contributed by atoms with Crippen molar-refractivity contribution in [3.63, 3.8) is 0 Å². The molecule has 8 aromatic rings. The molecule has 0 aliphatic rings.